The van der Waals surface area contributed by atoms with E-state index in [1.165, 1.54) is 6.42 Å². The Morgan fingerprint density at radius 1 is 1.35 bits per heavy atom. The molecule has 4 nitrogen and oxygen atoms in total. The third-order valence-corrected chi connectivity index (χ3v) is 5.24. The van der Waals surface area contributed by atoms with Crippen LogP contribution in [0, 0.1) is 5.41 Å². The second-order valence-electron chi connectivity index (χ2n) is 5.76. The summed E-state index contributed by atoms with van der Waals surface area (Å²) in [5.74, 6) is -0.685. The van der Waals surface area contributed by atoms with Crippen molar-refractivity contribution in [3.63, 3.8) is 0 Å². The van der Waals surface area contributed by atoms with Crippen LogP contribution in [0.15, 0.2) is 18.5 Å². The van der Waals surface area contributed by atoms with Gasteiger partial charge in [-0.25, -0.2) is 4.98 Å². The van der Waals surface area contributed by atoms with E-state index in [1.54, 1.807) is 23.7 Å². The van der Waals surface area contributed by atoms with Crippen LogP contribution in [0.4, 0.5) is 0 Å². The number of carboxylic acid groups (broad SMARTS) is 1. The van der Waals surface area contributed by atoms with E-state index >= 15 is 0 Å². The fraction of sp³-hybridized carbons (Fsp3) is 0.533. The van der Waals surface area contributed by atoms with Crippen LogP contribution in [0.5, 0.6) is 0 Å². The zero-order valence-corrected chi connectivity index (χ0v) is 12.2. The third kappa shape index (κ3) is 2.82. The molecule has 0 radical (unpaired) electrons. The number of aliphatic carboxylic acids is 1. The number of carboxylic acids is 1. The van der Waals surface area contributed by atoms with Gasteiger partial charge >= 0.3 is 5.97 Å². The lowest BCUT2D eigenvalue weighted by Gasteiger charge is -2.35. The highest BCUT2D eigenvalue weighted by Crippen LogP contribution is 2.43. The summed E-state index contributed by atoms with van der Waals surface area (Å²) in [4.78, 5) is 19.9. The van der Waals surface area contributed by atoms with Crippen LogP contribution in [0.25, 0.3) is 10.2 Å². The minimum absolute atomic E-state index is 0.0919. The maximum Gasteiger partial charge on any atom is 0.303 e. The molecule has 0 unspecified atom stereocenters. The standard InChI is InChI=1S/C15H18N2O2S/c18-14(19)9-15(5-2-1-3-6-15)8-13-17-11-10-16-7-4-12(11)20-13/h4,7,10H,1-3,5-6,8-9H2,(H,18,19). The lowest BCUT2D eigenvalue weighted by atomic mass is 9.70. The van der Waals surface area contributed by atoms with Crippen molar-refractivity contribution < 1.29 is 9.90 Å². The molecule has 3 rings (SSSR count). The normalized spacial score (nSPS) is 18.2. The SMILES string of the molecule is O=C(O)CC1(Cc2nc3cnccc3s2)CCCCC1. The molecule has 1 aliphatic rings. The summed E-state index contributed by atoms with van der Waals surface area (Å²) in [5.41, 5.74) is 0.833. The van der Waals surface area contributed by atoms with E-state index in [1.807, 2.05) is 6.07 Å². The van der Waals surface area contributed by atoms with Crippen molar-refractivity contribution in [1.82, 2.24) is 9.97 Å². The number of aromatic nitrogens is 2. The summed E-state index contributed by atoms with van der Waals surface area (Å²) < 4.78 is 1.14. The minimum atomic E-state index is -0.685. The Morgan fingerprint density at radius 3 is 2.85 bits per heavy atom. The topological polar surface area (TPSA) is 63.1 Å². The van der Waals surface area contributed by atoms with Crippen LogP contribution in [0.1, 0.15) is 43.5 Å². The Morgan fingerprint density at radius 2 is 2.15 bits per heavy atom. The zero-order valence-electron chi connectivity index (χ0n) is 11.3. The Hall–Kier alpha value is -1.49. The second-order valence-corrected chi connectivity index (χ2v) is 6.87. The van der Waals surface area contributed by atoms with Gasteiger partial charge in [0.15, 0.2) is 0 Å². The Balaban J connectivity index is 1.86. The first-order valence-electron chi connectivity index (χ1n) is 7.08. The summed E-state index contributed by atoms with van der Waals surface area (Å²) in [6.07, 6.45) is 10.1. The summed E-state index contributed by atoms with van der Waals surface area (Å²) in [6.45, 7) is 0. The van der Waals surface area contributed by atoms with E-state index in [-0.39, 0.29) is 11.8 Å². The van der Waals surface area contributed by atoms with Crippen molar-refractivity contribution in [2.75, 3.05) is 0 Å². The van der Waals surface area contributed by atoms with Crippen molar-refractivity contribution in [3.05, 3.63) is 23.5 Å². The number of carbonyl (C=O) groups is 1. The van der Waals surface area contributed by atoms with Crippen LogP contribution in [0.2, 0.25) is 0 Å². The lowest BCUT2D eigenvalue weighted by molar-refractivity contribution is -0.140. The van der Waals surface area contributed by atoms with Crippen molar-refractivity contribution in [2.24, 2.45) is 5.41 Å². The molecule has 1 N–H and O–H groups in total. The molecule has 0 aromatic carbocycles. The molecular weight excluding hydrogens is 272 g/mol. The number of nitrogens with zero attached hydrogens (tertiary/aromatic N) is 2. The molecule has 1 aliphatic carbocycles. The van der Waals surface area contributed by atoms with Crippen LogP contribution in [0.3, 0.4) is 0 Å². The summed E-state index contributed by atoms with van der Waals surface area (Å²) in [7, 11) is 0. The smallest absolute Gasteiger partial charge is 0.303 e. The maximum atomic E-state index is 11.2. The van der Waals surface area contributed by atoms with E-state index in [9.17, 15) is 9.90 Å². The van der Waals surface area contributed by atoms with Gasteiger partial charge in [-0.2, -0.15) is 0 Å². The van der Waals surface area contributed by atoms with E-state index in [2.05, 4.69) is 9.97 Å². The Kier molecular flexibility index (Phi) is 3.70. The molecule has 1 fully saturated rings. The van der Waals surface area contributed by atoms with Crippen LogP contribution in [-0.2, 0) is 11.2 Å². The molecule has 0 spiro atoms. The number of thiazole rings is 1. The first kappa shape index (κ1) is 13.5. The highest BCUT2D eigenvalue weighted by molar-refractivity contribution is 7.18. The monoisotopic (exact) mass is 290 g/mol. The molecule has 2 aromatic heterocycles. The third-order valence-electron chi connectivity index (χ3n) is 4.20. The number of rotatable bonds is 4. The Bertz CT molecular complexity index is 584. The number of hydrogen-bond donors (Lipinski definition) is 1. The summed E-state index contributed by atoms with van der Waals surface area (Å²) >= 11 is 1.67. The van der Waals surface area contributed by atoms with E-state index in [4.69, 9.17) is 0 Å². The number of pyridine rings is 1. The van der Waals surface area contributed by atoms with Gasteiger partial charge < -0.3 is 5.11 Å². The van der Waals surface area contributed by atoms with Gasteiger partial charge in [0.1, 0.15) is 0 Å². The predicted octanol–water partition coefficient (Wildman–Crippen LogP) is 3.66. The quantitative estimate of drug-likeness (QED) is 0.933. The van der Waals surface area contributed by atoms with Gasteiger partial charge in [0.2, 0.25) is 0 Å². The van der Waals surface area contributed by atoms with Crippen LogP contribution < -0.4 is 0 Å². The largest absolute Gasteiger partial charge is 0.481 e. The molecule has 0 amide bonds. The Labute approximate surface area is 121 Å². The second kappa shape index (κ2) is 5.48. The summed E-state index contributed by atoms with van der Waals surface area (Å²) in [5, 5.41) is 10.3. The fourth-order valence-corrected chi connectivity index (χ4v) is 4.37. The zero-order chi connectivity index (χ0) is 14.0. The highest BCUT2D eigenvalue weighted by Gasteiger charge is 2.35. The molecule has 2 heterocycles. The first-order chi connectivity index (χ1) is 9.67. The molecule has 106 valence electrons. The molecule has 20 heavy (non-hydrogen) atoms. The van der Waals surface area contributed by atoms with E-state index in [0.717, 1.165) is 47.3 Å². The summed E-state index contributed by atoms with van der Waals surface area (Å²) in [6, 6.07) is 1.97. The minimum Gasteiger partial charge on any atom is -0.481 e. The number of hydrogen-bond acceptors (Lipinski definition) is 4. The van der Waals surface area contributed by atoms with Crippen molar-refractivity contribution >= 4 is 27.5 Å². The first-order valence-corrected chi connectivity index (χ1v) is 7.90. The molecule has 5 heteroatoms. The average molecular weight is 290 g/mol. The molecule has 0 aliphatic heterocycles. The molecule has 1 saturated carbocycles. The van der Waals surface area contributed by atoms with Gasteiger partial charge in [-0.15, -0.1) is 11.3 Å². The molecule has 0 saturated heterocycles. The molecular formula is C15H18N2O2S. The lowest BCUT2D eigenvalue weighted by Crippen LogP contribution is -2.29. The van der Waals surface area contributed by atoms with E-state index in [0.29, 0.717) is 0 Å². The highest BCUT2D eigenvalue weighted by atomic mass is 32.1. The predicted molar refractivity (Wildman–Crippen MR) is 78.9 cm³/mol. The molecule has 0 bridgehead atoms. The van der Waals surface area contributed by atoms with Crippen LogP contribution >= 0.6 is 11.3 Å². The van der Waals surface area contributed by atoms with Crippen molar-refractivity contribution in [2.45, 2.75) is 44.9 Å². The van der Waals surface area contributed by atoms with Crippen molar-refractivity contribution in [1.29, 1.82) is 0 Å². The van der Waals surface area contributed by atoms with Crippen LogP contribution in [-0.4, -0.2) is 21.0 Å². The number of fused-ring (bicyclic) bond motifs is 1. The van der Waals surface area contributed by atoms with Gasteiger partial charge in [-0.1, -0.05) is 19.3 Å². The average Bonchev–Trinajstić information content (AvgIpc) is 2.80. The molecule has 0 atom stereocenters. The maximum absolute atomic E-state index is 11.2. The van der Waals surface area contributed by atoms with Crippen molar-refractivity contribution in [3.8, 4) is 0 Å². The van der Waals surface area contributed by atoms with Gasteiger partial charge in [0.05, 0.1) is 27.8 Å². The fourth-order valence-electron chi connectivity index (χ4n) is 3.26. The molecule has 2 aromatic rings. The van der Waals surface area contributed by atoms with Gasteiger partial charge in [-0.05, 0) is 24.3 Å². The van der Waals surface area contributed by atoms with Gasteiger partial charge in [0, 0.05) is 12.6 Å². The van der Waals surface area contributed by atoms with E-state index < -0.39 is 5.97 Å². The van der Waals surface area contributed by atoms with Gasteiger partial charge in [-0.3, -0.25) is 9.78 Å². The van der Waals surface area contributed by atoms with Gasteiger partial charge in [0.25, 0.3) is 0 Å².